The summed E-state index contributed by atoms with van der Waals surface area (Å²) in [4.78, 5) is 0. The molecule has 1 aliphatic carbocycles. The van der Waals surface area contributed by atoms with Crippen LogP contribution < -0.4 is 5.73 Å². The maximum absolute atomic E-state index is 10.3. The van der Waals surface area contributed by atoms with E-state index in [9.17, 15) is 5.11 Å². The lowest BCUT2D eigenvalue weighted by Gasteiger charge is -2.28. The van der Waals surface area contributed by atoms with Gasteiger partial charge in [0.1, 0.15) is 0 Å². The van der Waals surface area contributed by atoms with Crippen molar-refractivity contribution in [3.63, 3.8) is 0 Å². The van der Waals surface area contributed by atoms with E-state index in [2.05, 4.69) is 6.92 Å². The van der Waals surface area contributed by atoms with Gasteiger partial charge in [-0.25, -0.2) is 0 Å². The summed E-state index contributed by atoms with van der Waals surface area (Å²) in [6.07, 6.45) is 11.9. The fourth-order valence-corrected chi connectivity index (χ4v) is 3.12. The molecule has 0 radical (unpaired) electrons. The fraction of sp³-hybridized carbons (Fsp3) is 1.00. The van der Waals surface area contributed by atoms with Gasteiger partial charge >= 0.3 is 0 Å². The molecule has 0 aromatic heterocycles. The van der Waals surface area contributed by atoms with E-state index in [1.54, 1.807) is 0 Å². The summed E-state index contributed by atoms with van der Waals surface area (Å²) in [5, 5.41) is 10.3. The highest BCUT2D eigenvalue weighted by Gasteiger charge is 2.39. The van der Waals surface area contributed by atoms with Crippen molar-refractivity contribution in [3.05, 3.63) is 0 Å². The lowest BCUT2D eigenvalue weighted by Crippen LogP contribution is -2.41. The molecular weight excluding hydrogens is 238 g/mol. The number of ether oxygens (including phenoxy) is 1. The van der Waals surface area contributed by atoms with E-state index < -0.39 is 5.60 Å². The van der Waals surface area contributed by atoms with Gasteiger partial charge in [0.05, 0.1) is 5.60 Å². The Balaban J connectivity index is 1.93. The van der Waals surface area contributed by atoms with Gasteiger partial charge in [0.25, 0.3) is 0 Å². The molecule has 0 spiro atoms. The van der Waals surface area contributed by atoms with Crippen LogP contribution in [0.15, 0.2) is 0 Å². The number of hydrogen-bond acceptors (Lipinski definition) is 3. The molecule has 0 saturated heterocycles. The van der Waals surface area contributed by atoms with Gasteiger partial charge in [-0.1, -0.05) is 45.4 Å². The molecule has 1 saturated carbocycles. The zero-order valence-corrected chi connectivity index (χ0v) is 12.7. The second kappa shape index (κ2) is 9.73. The van der Waals surface area contributed by atoms with Gasteiger partial charge in [-0.3, -0.25) is 0 Å². The van der Waals surface area contributed by atoms with Gasteiger partial charge in [0.2, 0.25) is 0 Å². The van der Waals surface area contributed by atoms with Crippen molar-refractivity contribution in [2.75, 3.05) is 19.8 Å². The highest BCUT2D eigenvalue weighted by Crippen LogP contribution is 2.37. The molecule has 114 valence electrons. The predicted molar refractivity (Wildman–Crippen MR) is 80.2 cm³/mol. The number of aliphatic hydroxyl groups is 1. The van der Waals surface area contributed by atoms with Crippen molar-refractivity contribution in [2.24, 2.45) is 11.7 Å². The van der Waals surface area contributed by atoms with Gasteiger partial charge in [-0.05, 0) is 31.6 Å². The Morgan fingerprint density at radius 2 is 1.89 bits per heavy atom. The topological polar surface area (TPSA) is 55.5 Å². The van der Waals surface area contributed by atoms with Gasteiger partial charge in [-0.2, -0.15) is 0 Å². The highest BCUT2D eigenvalue weighted by molar-refractivity contribution is 4.92. The molecule has 0 heterocycles. The lowest BCUT2D eigenvalue weighted by atomic mass is 9.88. The Labute approximate surface area is 118 Å². The van der Waals surface area contributed by atoms with Crippen LogP contribution in [0.2, 0.25) is 0 Å². The second-order valence-corrected chi connectivity index (χ2v) is 6.07. The quantitative estimate of drug-likeness (QED) is 0.567. The van der Waals surface area contributed by atoms with Crippen molar-refractivity contribution in [3.8, 4) is 0 Å². The van der Waals surface area contributed by atoms with Crippen LogP contribution in [0.3, 0.4) is 0 Å². The van der Waals surface area contributed by atoms with Crippen LogP contribution in [-0.4, -0.2) is 30.5 Å². The monoisotopic (exact) mass is 271 g/mol. The van der Waals surface area contributed by atoms with Crippen LogP contribution in [0.1, 0.15) is 71.1 Å². The van der Waals surface area contributed by atoms with Crippen LogP contribution in [0.4, 0.5) is 0 Å². The Morgan fingerprint density at radius 1 is 1.16 bits per heavy atom. The Hall–Kier alpha value is -0.120. The molecule has 3 heteroatoms. The van der Waals surface area contributed by atoms with Crippen molar-refractivity contribution in [2.45, 2.75) is 76.7 Å². The van der Waals surface area contributed by atoms with Crippen LogP contribution in [-0.2, 0) is 4.74 Å². The fourth-order valence-electron chi connectivity index (χ4n) is 3.12. The van der Waals surface area contributed by atoms with E-state index >= 15 is 0 Å². The lowest BCUT2D eigenvalue weighted by molar-refractivity contribution is -0.00450. The molecule has 0 aromatic carbocycles. The summed E-state index contributed by atoms with van der Waals surface area (Å²) in [5.74, 6) is 0.349. The Morgan fingerprint density at radius 3 is 2.63 bits per heavy atom. The van der Waals surface area contributed by atoms with E-state index in [1.807, 2.05) is 0 Å². The van der Waals surface area contributed by atoms with Crippen molar-refractivity contribution >= 4 is 0 Å². The third kappa shape index (κ3) is 6.24. The normalized spacial score (nSPS) is 27.0. The van der Waals surface area contributed by atoms with Crippen molar-refractivity contribution in [1.29, 1.82) is 0 Å². The molecule has 3 nitrogen and oxygen atoms in total. The zero-order chi connectivity index (χ0) is 14.0. The summed E-state index contributed by atoms with van der Waals surface area (Å²) in [6.45, 7) is 4.30. The van der Waals surface area contributed by atoms with E-state index in [-0.39, 0.29) is 0 Å². The highest BCUT2D eigenvalue weighted by atomic mass is 16.5. The molecule has 1 rings (SSSR count). The molecule has 1 fully saturated rings. The molecule has 2 atom stereocenters. The maximum Gasteiger partial charge on any atom is 0.0798 e. The van der Waals surface area contributed by atoms with Crippen LogP contribution in [0, 0.1) is 5.92 Å². The second-order valence-electron chi connectivity index (χ2n) is 6.07. The molecule has 19 heavy (non-hydrogen) atoms. The van der Waals surface area contributed by atoms with E-state index in [4.69, 9.17) is 10.5 Å². The van der Waals surface area contributed by atoms with E-state index in [0.717, 1.165) is 38.9 Å². The molecule has 0 amide bonds. The number of nitrogens with two attached hydrogens (primary N) is 1. The number of hydrogen-bond donors (Lipinski definition) is 2. The van der Waals surface area contributed by atoms with E-state index in [1.165, 1.54) is 38.5 Å². The third-order valence-electron chi connectivity index (χ3n) is 4.53. The first-order valence-corrected chi connectivity index (χ1v) is 8.23. The average molecular weight is 271 g/mol. The molecule has 0 aromatic rings. The molecule has 2 unspecified atom stereocenters. The minimum Gasteiger partial charge on any atom is -0.388 e. The molecule has 0 aliphatic heterocycles. The summed E-state index contributed by atoms with van der Waals surface area (Å²) >= 11 is 0. The largest absolute Gasteiger partial charge is 0.388 e. The van der Waals surface area contributed by atoms with Gasteiger partial charge in [0.15, 0.2) is 0 Å². The smallest absolute Gasteiger partial charge is 0.0798 e. The van der Waals surface area contributed by atoms with Crippen LogP contribution in [0.25, 0.3) is 0 Å². The van der Waals surface area contributed by atoms with Crippen LogP contribution >= 0.6 is 0 Å². The van der Waals surface area contributed by atoms with E-state index in [0.29, 0.717) is 12.5 Å². The maximum atomic E-state index is 10.3. The minimum atomic E-state index is -0.608. The Kier molecular flexibility index (Phi) is 8.67. The first-order chi connectivity index (χ1) is 9.23. The third-order valence-corrected chi connectivity index (χ3v) is 4.53. The van der Waals surface area contributed by atoms with Crippen molar-refractivity contribution in [1.82, 2.24) is 0 Å². The molecular formula is C16H33NO2. The predicted octanol–water partition coefficient (Wildman–Crippen LogP) is 3.24. The summed E-state index contributed by atoms with van der Waals surface area (Å²) in [6, 6.07) is 0. The van der Waals surface area contributed by atoms with Crippen LogP contribution in [0.5, 0.6) is 0 Å². The average Bonchev–Trinajstić information content (AvgIpc) is 2.79. The first kappa shape index (κ1) is 16.9. The summed E-state index contributed by atoms with van der Waals surface area (Å²) in [7, 11) is 0. The summed E-state index contributed by atoms with van der Waals surface area (Å²) in [5.41, 5.74) is 5.07. The summed E-state index contributed by atoms with van der Waals surface area (Å²) < 4.78 is 5.69. The SMILES string of the molecule is CCCCCCCCOCCC1CCCC1(O)CN. The molecule has 1 aliphatic rings. The van der Waals surface area contributed by atoms with Crippen molar-refractivity contribution < 1.29 is 9.84 Å². The van der Waals surface area contributed by atoms with Gasteiger partial charge in [0, 0.05) is 19.8 Å². The first-order valence-electron chi connectivity index (χ1n) is 8.23. The molecule has 3 N–H and O–H groups in total. The Bertz CT molecular complexity index is 223. The number of rotatable bonds is 11. The standard InChI is InChI=1S/C16H33NO2/c1-2-3-4-5-6-7-12-19-13-10-15-9-8-11-16(15,18)14-17/h15,18H,2-14,17H2,1H3. The minimum absolute atomic E-state index is 0.349. The van der Waals surface area contributed by atoms with Gasteiger partial charge < -0.3 is 15.6 Å². The molecule has 0 bridgehead atoms. The number of unbranched alkanes of at least 4 members (excludes halogenated alkanes) is 5. The zero-order valence-electron chi connectivity index (χ0n) is 12.7. The van der Waals surface area contributed by atoms with Gasteiger partial charge in [-0.15, -0.1) is 0 Å².